The van der Waals surface area contributed by atoms with Crippen LogP contribution in [0, 0.1) is 0 Å². The molecule has 8 heteroatoms. The molecule has 0 unspecified atom stereocenters. The van der Waals surface area contributed by atoms with Crippen molar-refractivity contribution in [3.63, 3.8) is 0 Å². The molecule has 122 valence electrons. The fraction of sp³-hybridized carbons (Fsp3) is 0.200. The van der Waals surface area contributed by atoms with Gasteiger partial charge in [-0.15, -0.1) is 0 Å². The maximum absolute atomic E-state index is 11.5. The van der Waals surface area contributed by atoms with Gasteiger partial charge >= 0.3 is 5.97 Å². The largest absolute Gasteiger partial charge is 0.463 e. The lowest BCUT2D eigenvalue weighted by molar-refractivity contribution is -0.137. The van der Waals surface area contributed by atoms with Crippen molar-refractivity contribution in [1.82, 2.24) is 10.6 Å². The Bertz CT molecular complexity index is 626. The molecule has 2 amide bonds. The van der Waals surface area contributed by atoms with Crippen LogP contribution in [0.1, 0.15) is 17.3 Å². The van der Waals surface area contributed by atoms with Gasteiger partial charge in [-0.2, -0.15) is 0 Å². The predicted molar refractivity (Wildman–Crippen MR) is 90.0 cm³/mol. The second kappa shape index (κ2) is 9.31. The van der Waals surface area contributed by atoms with Crippen molar-refractivity contribution in [3.8, 4) is 0 Å². The normalized spacial score (nSPS) is 10.0. The van der Waals surface area contributed by atoms with Crippen LogP contribution < -0.4 is 16.0 Å². The Kier molecular flexibility index (Phi) is 7.41. The first-order valence-electron chi connectivity index (χ1n) is 6.75. The van der Waals surface area contributed by atoms with Crippen LogP contribution in [0.25, 0.3) is 0 Å². The van der Waals surface area contributed by atoms with Gasteiger partial charge < -0.3 is 15.4 Å². The molecule has 0 saturated carbocycles. The molecule has 3 N–H and O–H groups in total. The summed E-state index contributed by atoms with van der Waals surface area (Å²) in [6, 6.07) is 6.54. The standard InChI is InChI=1S/C15H17N3O4S/c1-3-22-13(20)9-8-12(19)18-15(23)17-11-6-4-10(5-7-11)14(21)16-2/h4-9H,3H2,1-2H3,(H,16,21)(H2,17,18,19,23)/b9-8+. The van der Waals surface area contributed by atoms with E-state index in [4.69, 9.17) is 12.2 Å². The SMILES string of the molecule is CCOC(=O)/C=C/C(=O)NC(=S)Nc1ccc(C(=O)NC)cc1. The number of carbonyl (C=O) groups excluding carboxylic acids is 3. The van der Waals surface area contributed by atoms with Gasteiger partial charge in [-0.05, 0) is 43.4 Å². The average molecular weight is 335 g/mol. The minimum absolute atomic E-state index is 0.0659. The highest BCUT2D eigenvalue weighted by Gasteiger charge is 2.05. The number of amides is 2. The molecule has 0 radical (unpaired) electrons. The Hall–Kier alpha value is -2.74. The molecule has 0 fully saturated rings. The summed E-state index contributed by atoms with van der Waals surface area (Å²) in [5.41, 5.74) is 1.11. The first-order valence-corrected chi connectivity index (χ1v) is 7.16. The number of esters is 1. The van der Waals surface area contributed by atoms with E-state index in [-0.39, 0.29) is 17.6 Å². The van der Waals surface area contributed by atoms with Crippen molar-refractivity contribution >= 4 is 40.8 Å². The molecule has 0 aliphatic rings. The highest BCUT2D eigenvalue weighted by atomic mass is 32.1. The van der Waals surface area contributed by atoms with Gasteiger partial charge in [0.15, 0.2) is 5.11 Å². The number of ether oxygens (including phenoxy) is 1. The van der Waals surface area contributed by atoms with Crippen LogP contribution in [0.5, 0.6) is 0 Å². The van der Waals surface area contributed by atoms with Crippen molar-refractivity contribution in [2.75, 3.05) is 19.0 Å². The van der Waals surface area contributed by atoms with Crippen molar-refractivity contribution in [3.05, 3.63) is 42.0 Å². The van der Waals surface area contributed by atoms with Crippen LogP contribution >= 0.6 is 12.2 Å². The first kappa shape index (κ1) is 18.3. The minimum Gasteiger partial charge on any atom is -0.463 e. The number of hydrogen-bond acceptors (Lipinski definition) is 5. The molecule has 7 nitrogen and oxygen atoms in total. The fourth-order valence-electron chi connectivity index (χ4n) is 1.50. The Balaban J connectivity index is 2.51. The summed E-state index contributed by atoms with van der Waals surface area (Å²) in [5, 5.41) is 7.75. The average Bonchev–Trinajstić information content (AvgIpc) is 2.53. The second-order valence-electron chi connectivity index (χ2n) is 4.19. The summed E-state index contributed by atoms with van der Waals surface area (Å²) in [6.45, 7) is 1.90. The van der Waals surface area contributed by atoms with Crippen molar-refractivity contribution in [2.45, 2.75) is 6.92 Å². The molecular weight excluding hydrogens is 318 g/mol. The number of hydrogen-bond donors (Lipinski definition) is 3. The van der Waals surface area contributed by atoms with E-state index in [1.54, 1.807) is 38.2 Å². The van der Waals surface area contributed by atoms with Crippen LogP contribution in [0.3, 0.4) is 0 Å². The number of nitrogens with one attached hydrogen (secondary N) is 3. The van der Waals surface area contributed by atoms with E-state index in [9.17, 15) is 14.4 Å². The van der Waals surface area contributed by atoms with Gasteiger partial charge in [0.1, 0.15) is 0 Å². The predicted octanol–water partition coefficient (Wildman–Crippen LogP) is 0.978. The van der Waals surface area contributed by atoms with E-state index in [1.807, 2.05) is 0 Å². The molecule has 1 aromatic rings. The van der Waals surface area contributed by atoms with Gasteiger partial charge in [0.05, 0.1) is 6.61 Å². The van der Waals surface area contributed by atoms with Gasteiger partial charge in [0.25, 0.3) is 5.91 Å². The van der Waals surface area contributed by atoms with E-state index in [2.05, 4.69) is 20.7 Å². The summed E-state index contributed by atoms with van der Waals surface area (Å²) in [7, 11) is 1.54. The number of thiocarbonyl (C=S) groups is 1. The lowest BCUT2D eigenvalue weighted by Gasteiger charge is -2.08. The molecule has 1 aromatic carbocycles. The quantitative estimate of drug-likeness (QED) is 0.422. The van der Waals surface area contributed by atoms with E-state index >= 15 is 0 Å². The number of benzene rings is 1. The van der Waals surface area contributed by atoms with Gasteiger partial charge in [-0.3, -0.25) is 14.9 Å². The lowest BCUT2D eigenvalue weighted by atomic mass is 10.2. The first-order chi connectivity index (χ1) is 11.0. The number of carbonyl (C=O) groups is 3. The summed E-state index contributed by atoms with van der Waals surface area (Å²) >= 11 is 4.98. The number of rotatable bonds is 5. The third-order valence-corrected chi connectivity index (χ3v) is 2.73. The van der Waals surface area contributed by atoms with Crippen molar-refractivity contribution < 1.29 is 19.1 Å². The maximum Gasteiger partial charge on any atom is 0.330 e. The monoisotopic (exact) mass is 335 g/mol. The fourth-order valence-corrected chi connectivity index (χ4v) is 1.72. The van der Waals surface area contributed by atoms with Crippen LogP contribution in [-0.4, -0.2) is 36.6 Å². The van der Waals surface area contributed by atoms with Gasteiger partial charge in [-0.25, -0.2) is 4.79 Å². The zero-order valence-electron chi connectivity index (χ0n) is 12.7. The summed E-state index contributed by atoms with van der Waals surface area (Å²) in [4.78, 5) is 34.0. The molecule has 0 spiro atoms. The van der Waals surface area contributed by atoms with Crippen LogP contribution in [0.2, 0.25) is 0 Å². The third kappa shape index (κ3) is 6.70. The molecule has 0 bridgehead atoms. The topological polar surface area (TPSA) is 96.5 Å². The second-order valence-corrected chi connectivity index (χ2v) is 4.59. The van der Waals surface area contributed by atoms with Crippen LogP contribution in [-0.2, 0) is 14.3 Å². The molecule has 23 heavy (non-hydrogen) atoms. The Labute approximate surface area is 139 Å². The zero-order valence-corrected chi connectivity index (χ0v) is 13.5. The summed E-state index contributed by atoms with van der Waals surface area (Å²) in [5.74, 6) is -1.36. The van der Waals surface area contributed by atoms with Crippen molar-refractivity contribution in [1.29, 1.82) is 0 Å². The van der Waals surface area contributed by atoms with E-state index in [0.717, 1.165) is 12.2 Å². The van der Waals surface area contributed by atoms with E-state index in [0.29, 0.717) is 11.3 Å². The lowest BCUT2D eigenvalue weighted by Crippen LogP contribution is -2.33. The Morgan fingerprint density at radius 3 is 2.39 bits per heavy atom. The zero-order chi connectivity index (χ0) is 17.2. The van der Waals surface area contributed by atoms with Crippen molar-refractivity contribution in [2.24, 2.45) is 0 Å². The van der Waals surface area contributed by atoms with Gasteiger partial charge in [0, 0.05) is 30.5 Å². The van der Waals surface area contributed by atoms with Gasteiger partial charge in [-0.1, -0.05) is 0 Å². The molecule has 0 aliphatic heterocycles. The maximum atomic E-state index is 11.5. The molecule has 0 atom stereocenters. The summed E-state index contributed by atoms with van der Waals surface area (Å²) in [6.07, 6.45) is 2.04. The van der Waals surface area contributed by atoms with Crippen LogP contribution in [0.15, 0.2) is 36.4 Å². The molecule has 0 aliphatic carbocycles. The number of anilines is 1. The third-order valence-electron chi connectivity index (χ3n) is 2.53. The van der Waals surface area contributed by atoms with E-state index in [1.165, 1.54) is 0 Å². The van der Waals surface area contributed by atoms with E-state index < -0.39 is 11.9 Å². The Morgan fingerprint density at radius 2 is 1.83 bits per heavy atom. The molecular formula is C15H17N3O4S. The summed E-state index contributed by atoms with van der Waals surface area (Å²) < 4.78 is 4.65. The molecule has 0 saturated heterocycles. The molecule has 1 rings (SSSR count). The van der Waals surface area contributed by atoms with Crippen LogP contribution in [0.4, 0.5) is 5.69 Å². The van der Waals surface area contributed by atoms with Gasteiger partial charge in [0.2, 0.25) is 5.91 Å². The highest BCUT2D eigenvalue weighted by Crippen LogP contribution is 2.09. The Morgan fingerprint density at radius 1 is 1.17 bits per heavy atom. The smallest absolute Gasteiger partial charge is 0.330 e. The molecule has 0 aromatic heterocycles. The minimum atomic E-state index is -0.605. The molecule has 0 heterocycles. The highest BCUT2D eigenvalue weighted by molar-refractivity contribution is 7.80.